The van der Waals surface area contributed by atoms with Gasteiger partial charge in [0.15, 0.2) is 0 Å². The molecule has 0 saturated heterocycles. The van der Waals surface area contributed by atoms with Crippen LogP contribution >= 0.6 is 11.8 Å². The zero-order valence-electron chi connectivity index (χ0n) is 8.69. The van der Waals surface area contributed by atoms with Gasteiger partial charge >= 0.3 is 0 Å². The summed E-state index contributed by atoms with van der Waals surface area (Å²) in [5, 5.41) is 9.64. The maximum Gasteiger partial charge on any atom is 0.216 e. The SMILES string of the molecule is C[C@]1(/C=C2/C=CCCC2)SC(=O)C=C1O. The van der Waals surface area contributed by atoms with Crippen molar-refractivity contribution in [1.82, 2.24) is 0 Å². The average Bonchev–Trinajstić information content (AvgIpc) is 2.41. The minimum absolute atomic E-state index is 0.0633. The summed E-state index contributed by atoms with van der Waals surface area (Å²) >= 11 is 1.18. The van der Waals surface area contributed by atoms with E-state index < -0.39 is 4.75 Å². The molecule has 1 atom stereocenters. The molecule has 0 fully saturated rings. The number of hydrogen-bond donors (Lipinski definition) is 1. The van der Waals surface area contributed by atoms with Crippen molar-refractivity contribution in [3.8, 4) is 0 Å². The summed E-state index contributed by atoms with van der Waals surface area (Å²) in [6.07, 6.45) is 10.9. The van der Waals surface area contributed by atoms with Gasteiger partial charge in [0, 0.05) is 6.08 Å². The van der Waals surface area contributed by atoms with Crippen LogP contribution < -0.4 is 0 Å². The van der Waals surface area contributed by atoms with Gasteiger partial charge in [-0.05, 0) is 26.2 Å². The van der Waals surface area contributed by atoms with E-state index >= 15 is 0 Å². The maximum atomic E-state index is 11.2. The van der Waals surface area contributed by atoms with Gasteiger partial charge in [-0.25, -0.2) is 0 Å². The number of hydrogen-bond acceptors (Lipinski definition) is 3. The number of carbonyl (C=O) groups is 1. The maximum absolute atomic E-state index is 11.2. The second-order valence-electron chi connectivity index (χ2n) is 4.07. The highest BCUT2D eigenvalue weighted by Gasteiger charge is 2.36. The molecule has 0 unspecified atom stereocenters. The Morgan fingerprint density at radius 1 is 1.60 bits per heavy atom. The third kappa shape index (κ3) is 2.17. The van der Waals surface area contributed by atoms with Crippen LogP contribution in [0, 0.1) is 0 Å². The molecule has 0 aromatic carbocycles. The molecule has 0 aromatic heterocycles. The van der Waals surface area contributed by atoms with E-state index in [0.29, 0.717) is 0 Å². The molecular weight excluding hydrogens is 208 g/mol. The Morgan fingerprint density at radius 3 is 2.93 bits per heavy atom. The zero-order valence-corrected chi connectivity index (χ0v) is 9.51. The quantitative estimate of drug-likeness (QED) is 0.740. The fourth-order valence-electron chi connectivity index (χ4n) is 1.87. The standard InChI is InChI=1S/C12H14O2S/c1-12(10(13)7-11(14)15-12)8-9-5-3-2-4-6-9/h3,5,7-8,13H,2,4,6H2,1H3/b9-8-/t12-/m1/s1. The van der Waals surface area contributed by atoms with E-state index in [1.807, 2.05) is 13.0 Å². The first-order chi connectivity index (χ1) is 7.10. The minimum Gasteiger partial charge on any atom is -0.510 e. The van der Waals surface area contributed by atoms with E-state index in [1.165, 1.54) is 23.4 Å². The molecule has 2 aliphatic rings. The number of aliphatic hydroxyl groups is 1. The summed E-state index contributed by atoms with van der Waals surface area (Å²) in [6.45, 7) is 1.88. The van der Waals surface area contributed by atoms with Gasteiger partial charge in [-0.2, -0.15) is 0 Å². The lowest BCUT2D eigenvalue weighted by Gasteiger charge is -2.20. The van der Waals surface area contributed by atoms with Crippen molar-refractivity contribution < 1.29 is 9.90 Å². The number of aliphatic hydroxyl groups excluding tert-OH is 1. The van der Waals surface area contributed by atoms with Gasteiger partial charge in [0.05, 0.1) is 4.75 Å². The molecule has 0 bridgehead atoms. The highest BCUT2D eigenvalue weighted by molar-refractivity contribution is 8.15. The van der Waals surface area contributed by atoms with Crippen molar-refractivity contribution in [3.63, 3.8) is 0 Å². The third-order valence-corrected chi connectivity index (χ3v) is 3.77. The van der Waals surface area contributed by atoms with E-state index in [1.54, 1.807) is 0 Å². The first-order valence-electron chi connectivity index (χ1n) is 5.12. The van der Waals surface area contributed by atoms with Gasteiger partial charge in [0.1, 0.15) is 5.76 Å². The minimum atomic E-state index is -0.548. The predicted octanol–water partition coefficient (Wildman–Crippen LogP) is 3.13. The van der Waals surface area contributed by atoms with Gasteiger partial charge in [0.2, 0.25) is 5.12 Å². The van der Waals surface area contributed by atoms with Gasteiger partial charge in [-0.3, -0.25) is 4.79 Å². The largest absolute Gasteiger partial charge is 0.510 e. The normalized spacial score (nSPS) is 33.5. The van der Waals surface area contributed by atoms with E-state index in [2.05, 4.69) is 12.2 Å². The fourth-order valence-corrected chi connectivity index (χ4v) is 2.83. The van der Waals surface area contributed by atoms with Crippen LogP contribution in [0.5, 0.6) is 0 Å². The van der Waals surface area contributed by atoms with Crippen LogP contribution in [0.1, 0.15) is 26.2 Å². The van der Waals surface area contributed by atoms with Gasteiger partial charge in [0.25, 0.3) is 0 Å². The summed E-state index contributed by atoms with van der Waals surface area (Å²) in [4.78, 5) is 11.2. The lowest BCUT2D eigenvalue weighted by Crippen LogP contribution is -2.17. The summed E-state index contributed by atoms with van der Waals surface area (Å²) in [7, 11) is 0. The molecule has 0 aromatic rings. The van der Waals surface area contributed by atoms with Crippen LogP contribution in [0.25, 0.3) is 0 Å². The fraction of sp³-hybridized carbons (Fsp3) is 0.417. The lowest BCUT2D eigenvalue weighted by molar-refractivity contribution is -0.106. The lowest BCUT2D eigenvalue weighted by atomic mass is 9.97. The highest BCUT2D eigenvalue weighted by Crippen LogP contribution is 2.40. The number of thioether (sulfide) groups is 1. The molecule has 0 amide bonds. The zero-order chi connectivity index (χ0) is 10.9. The second kappa shape index (κ2) is 3.89. The Bertz CT molecular complexity index is 379. The third-order valence-electron chi connectivity index (χ3n) is 2.70. The topological polar surface area (TPSA) is 37.3 Å². The van der Waals surface area contributed by atoms with Crippen molar-refractivity contribution in [2.24, 2.45) is 0 Å². The van der Waals surface area contributed by atoms with Crippen LogP contribution in [0.4, 0.5) is 0 Å². The summed E-state index contributed by atoms with van der Waals surface area (Å²) in [5.74, 6) is 0.170. The molecule has 0 spiro atoms. The van der Waals surface area contributed by atoms with Gasteiger partial charge < -0.3 is 5.11 Å². The van der Waals surface area contributed by atoms with Crippen molar-refractivity contribution in [3.05, 3.63) is 35.6 Å². The Hall–Kier alpha value is -0.960. The molecule has 2 nitrogen and oxygen atoms in total. The van der Waals surface area contributed by atoms with Gasteiger partial charge in [-0.15, -0.1) is 0 Å². The molecule has 15 heavy (non-hydrogen) atoms. The Balaban J connectivity index is 2.24. The van der Waals surface area contributed by atoms with Crippen LogP contribution in [-0.4, -0.2) is 15.0 Å². The van der Waals surface area contributed by atoms with Crippen molar-refractivity contribution in [2.45, 2.75) is 30.9 Å². The molecule has 1 heterocycles. The molecule has 80 valence electrons. The van der Waals surface area contributed by atoms with E-state index in [-0.39, 0.29) is 10.9 Å². The smallest absolute Gasteiger partial charge is 0.216 e. The van der Waals surface area contributed by atoms with Crippen LogP contribution in [0.15, 0.2) is 35.6 Å². The molecule has 0 saturated carbocycles. The van der Waals surface area contributed by atoms with E-state index in [9.17, 15) is 9.90 Å². The van der Waals surface area contributed by atoms with Crippen LogP contribution in [0.3, 0.4) is 0 Å². The van der Waals surface area contributed by atoms with Gasteiger partial charge in [-0.1, -0.05) is 35.6 Å². The van der Waals surface area contributed by atoms with E-state index in [0.717, 1.165) is 19.3 Å². The highest BCUT2D eigenvalue weighted by atomic mass is 32.2. The Morgan fingerprint density at radius 2 is 2.40 bits per heavy atom. The molecule has 1 N–H and O–H groups in total. The molecular formula is C12H14O2S. The average molecular weight is 222 g/mol. The molecule has 3 heteroatoms. The van der Waals surface area contributed by atoms with Crippen molar-refractivity contribution >= 4 is 16.9 Å². The Labute approximate surface area is 93.8 Å². The van der Waals surface area contributed by atoms with Crippen LogP contribution in [-0.2, 0) is 4.79 Å². The van der Waals surface area contributed by atoms with Crippen molar-refractivity contribution in [2.75, 3.05) is 0 Å². The summed E-state index contributed by atoms with van der Waals surface area (Å²) in [6, 6.07) is 0. The predicted molar refractivity (Wildman–Crippen MR) is 62.8 cm³/mol. The monoisotopic (exact) mass is 222 g/mol. The molecule has 2 rings (SSSR count). The number of allylic oxidation sites excluding steroid dienone is 3. The first kappa shape index (κ1) is 10.6. The van der Waals surface area contributed by atoms with Crippen molar-refractivity contribution in [1.29, 1.82) is 0 Å². The molecule has 1 aliphatic carbocycles. The molecule has 1 aliphatic heterocycles. The van der Waals surface area contributed by atoms with Crippen LogP contribution in [0.2, 0.25) is 0 Å². The second-order valence-corrected chi connectivity index (χ2v) is 5.53. The summed E-state index contributed by atoms with van der Waals surface area (Å²) in [5.41, 5.74) is 1.21. The van der Waals surface area contributed by atoms with E-state index in [4.69, 9.17) is 0 Å². The first-order valence-corrected chi connectivity index (χ1v) is 5.94. The summed E-state index contributed by atoms with van der Waals surface area (Å²) < 4.78 is -0.548. The number of carbonyl (C=O) groups excluding carboxylic acids is 1. The number of rotatable bonds is 1. The Kier molecular flexibility index (Phi) is 2.74. The molecule has 0 radical (unpaired) electrons.